The van der Waals surface area contributed by atoms with Gasteiger partial charge < -0.3 is 14.0 Å². The second kappa shape index (κ2) is 16.8. The zero-order valence-electron chi connectivity index (χ0n) is 29.6. The van der Waals surface area contributed by atoms with Gasteiger partial charge in [-0.1, -0.05) is 81.5 Å². The number of hydrogen-bond acceptors (Lipinski definition) is 3. The van der Waals surface area contributed by atoms with Crippen molar-refractivity contribution in [3.63, 3.8) is 0 Å². The lowest BCUT2D eigenvalue weighted by molar-refractivity contribution is -0.132. The van der Waals surface area contributed by atoms with E-state index in [4.69, 9.17) is 4.18 Å². The third-order valence-corrected chi connectivity index (χ3v) is 13.8. The molecule has 0 spiro atoms. The van der Waals surface area contributed by atoms with Crippen LogP contribution < -0.4 is 0 Å². The lowest BCUT2D eigenvalue weighted by Crippen LogP contribution is -2.46. The van der Waals surface area contributed by atoms with Crippen LogP contribution in [0, 0.1) is 10.8 Å². The molecule has 2 aromatic rings. The summed E-state index contributed by atoms with van der Waals surface area (Å²) in [7, 11) is -1.12. The number of amides is 2. The first kappa shape index (κ1) is 37.6. The predicted molar refractivity (Wildman–Crippen MR) is 197 cm³/mol. The van der Waals surface area contributed by atoms with Crippen molar-refractivity contribution in [3.8, 4) is 0 Å². The van der Waals surface area contributed by atoms with Crippen molar-refractivity contribution in [1.29, 1.82) is 0 Å². The maximum absolute atomic E-state index is 12.9. The molecule has 2 saturated heterocycles. The maximum atomic E-state index is 12.9. The smallest absolute Gasteiger partial charge is 0.253 e. The first-order valence-corrected chi connectivity index (χ1v) is 19.4. The molecule has 2 heterocycles. The van der Waals surface area contributed by atoms with E-state index in [1.807, 2.05) is 58.4 Å². The molecule has 2 amide bonds. The van der Waals surface area contributed by atoms with Crippen LogP contribution in [0.2, 0.25) is 0 Å². The Hall–Kier alpha value is -2.83. The Labute approximate surface area is 282 Å². The molecule has 254 valence electrons. The fourth-order valence-electron chi connectivity index (χ4n) is 6.76. The van der Waals surface area contributed by atoms with Gasteiger partial charge >= 0.3 is 0 Å². The fraction of sp³-hybridized carbons (Fsp3) is 0.550. The Morgan fingerprint density at radius 1 is 0.848 bits per heavy atom. The maximum Gasteiger partial charge on any atom is 0.253 e. The lowest BCUT2D eigenvalue weighted by Gasteiger charge is -2.46. The summed E-state index contributed by atoms with van der Waals surface area (Å²) in [6.45, 7) is 20.5. The molecule has 0 aliphatic carbocycles. The average Bonchev–Trinajstić information content (AvgIpc) is 3.02. The Bertz CT molecular complexity index is 1270. The van der Waals surface area contributed by atoms with Crippen LogP contribution in [-0.2, 0) is 15.4 Å². The summed E-state index contributed by atoms with van der Waals surface area (Å²) in [4.78, 5) is 28.6. The highest BCUT2D eigenvalue weighted by atomic mass is 32.3. The molecule has 0 unspecified atom stereocenters. The SMILES string of the molecule is C=CC[C@]1(CCOS(C)(C)C(C)(C)C)CCCN(C(=O)c2ccccc2)C1.C=CC[C@]1(Cc2ccccc2)CCCN(C(C)=O)C1. The van der Waals surface area contributed by atoms with Gasteiger partial charge in [0.1, 0.15) is 0 Å². The van der Waals surface area contributed by atoms with Crippen molar-refractivity contribution < 1.29 is 13.8 Å². The molecule has 0 aromatic heterocycles. The van der Waals surface area contributed by atoms with Gasteiger partial charge in [0, 0.05) is 43.4 Å². The molecule has 2 aliphatic rings. The predicted octanol–water partition coefficient (Wildman–Crippen LogP) is 9.10. The third kappa shape index (κ3) is 10.6. The molecular weight excluding hydrogens is 589 g/mol. The van der Waals surface area contributed by atoms with Gasteiger partial charge in [0.05, 0.1) is 6.61 Å². The van der Waals surface area contributed by atoms with Crippen molar-refractivity contribution >= 4 is 22.1 Å². The van der Waals surface area contributed by atoms with Gasteiger partial charge in [-0.3, -0.25) is 9.59 Å². The van der Waals surface area contributed by atoms with Crippen molar-refractivity contribution in [2.24, 2.45) is 10.8 Å². The summed E-state index contributed by atoms with van der Waals surface area (Å²) in [6, 6.07) is 20.2. The standard InChI is InChI=1S/C23H37NO2S.C17H23NO/c1-7-14-23(16-18-26-27(5,6)22(2,3)4)15-11-17-24(19-23)21(25)20-12-9-8-10-13-20;1-3-10-17(13-16-8-5-4-6-9-16)11-7-12-18(14-17)15(2)19/h7-10,12-13H,1,11,14-19H2,2-6H3;3-6,8-9H,1,7,10-14H2,2H3/t23-;17-/m11/s1. The molecule has 46 heavy (non-hydrogen) atoms. The number of carbonyl (C=O) groups excluding carboxylic acids is 2. The monoisotopic (exact) mass is 648 g/mol. The summed E-state index contributed by atoms with van der Waals surface area (Å²) < 4.78 is 6.56. The number of piperidine rings is 2. The number of likely N-dealkylation sites (tertiary alicyclic amines) is 2. The molecule has 0 saturated carbocycles. The van der Waals surface area contributed by atoms with Gasteiger partial charge in [-0.05, 0) is 92.4 Å². The van der Waals surface area contributed by atoms with Crippen LogP contribution in [0.15, 0.2) is 86.0 Å². The molecule has 2 aromatic carbocycles. The van der Waals surface area contributed by atoms with Gasteiger partial charge in [0.15, 0.2) is 0 Å². The Balaban J connectivity index is 0.000000266. The van der Waals surface area contributed by atoms with Gasteiger partial charge in [-0.15, -0.1) is 23.5 Å². The second-order valence-corrected chi connectivity index (χ2v) is 18.7. The van der Waals surface area contributed by atoms with E-state index in [1.54, 1.807) is 6.92 Å². The first-order valence-electron chi connectivity index (χ1n) is 17.0. The lowest BCUT2D eigenvalue weighted by atomic mass is 9.72. The number of hydrogen-bond donors (Lipinski definition) is 0. The molecule has 2 fully saturated rings. The number of rotatable bonds is 11. The van der Waals surface area contributed by atoms with Gasteiger partial charge in [-0.2, -0.15) is 0 Å². The third-order valence-electron chi connectivity index (χ3n) is 10.1. The summed E-state index contributed by atoms with van der Waals surface area (Å²) in [5, 5.41) is 0. The molecule has 4 rings (SSSR count). The quantitative estimate of drug-likeness (QED) is 0.229. The highest BCUT2D eigenvalue weighted by Crippen LogP contribution is 2.54. The van der Waals surface area contributed by atoms with E-state index in [1.165, 1.54) is 12.0 Å². The summed E-state index contributed by atoms with van der Waals surface area (Å²) >= 11 is 0. The zero-order valence-corrected chi connectivity index (χ0v) is 30.4. The van der Waals surface area contributed by atoms with Crippen molar-refractivity contribution in [2.45, 2.75) is 83.8 Å². The van der Waals surface area contributed by atoms with Crippen LogP contribution in [0.1, 0.15) is 88.6 Å². The molecule has 0 N–H and O–H groups in total. The van der Waals surface area contributed by atoms with E-state index < -0.39 is 10.3 Å². The van der Waals surface area contributed by atoms with Crippen LogP contribution in [0.5, 0.6) is 0 Å². The van der Waals surface area contributed by atoms with Crippen LogP contribution in [0.25, 0.3) is 0 Å². The molecule has 0 bridgehead atoms. The number of nitrogens with zero attached hydrogens (tertiary/aromatic N) is 2. The molecule has 5 nitrogen and oxygen atoms in total. The molecular formula is C40H60N2O3S. The number of carbonyl (C=O) groups is 2. The van der Waals surface area contributed by atoms with E-state index in [0.717, 1.165) is 83.3 Å². The summed E-state index contributed by atoms with van der Waals surface area (Å²) in [5.74, 6) is 0.339. The number of benzene rings is 2. The molecule has 2 atom stereocenters. The van der Waals surface area contributed by atoms with E-state index in [2.05, 4.69) is 70.7 Å². The molecule has 0 radical (unpaired) electrons. The Morgan fingerprint density at radius 2 is 1.37 bits per heavy atom. The molecule has 2 aliphatic heterocycles. The van der Waals surface area contributed by atoms with Gasteiger partial charge in [0.25, 0.3) is 5.91 Å². The summed E-state index contributed by atoms with van der Waals surface area (Å²) in [5.41, 5.74) is 2.39. The van der Waals surface area contributed by atoms with Gasteiger partial charge in [0.2, 0.25) is 5.91 Å². The van der Waals surface area contributed by atoms with Crippen molar-refractivity contribution in [1.82, 2.24) is 9.80 Å². The minimum Gasteiger partial charge on any atom is -0.342 e. The number of allylic oxidation sites excluding steroid dienone is 2. The summed E-state index contributed by atoms with van der Waals surface area (Å²) in [6.07, 6.45) is 16.9. The Kier molecular flexibility index (Phi) is 13.8. The van der Waals surface area contributed by atoms with Crippen molar-refractivity contribution in [2.75, 3.05) is 45.3 Å². The van der Waals surface area contributed by atoms with Crippen molar-refractivity contribution in [3.05, 3.63) is 97.1 Å². The topological polar surface area (TPSA) is 49.9 Å². The average molecular weight is 649 g/mol. The van der Waals surface area contributed by atoms with Crippen LogP contribution >= 0.6 is 10.3 Å². The largest absolute Gasteiger partial charge is 0.342 e. The van der Waals surface area contributed by atoms with Crippen LogP contribution in [-0.4, -0.2) is 71.7 Å². The highest BCUT2D eigenvalue weighted by Gasteiger charge is 2.38. The van der Waals surface area contributed by atoms with Crippen LogP contribution in [0.3, 0.4) is 0 Å². The molecule has 6 heteroatoms. The van der Waals surface area contributed by atoms with E-state index >= 15 is 0 Å². The van der Waals surface area contributed by atoms with Crippen LogP contribution in [0.4, 0.5) is 0 Å². The fourth-order valence-corrected chi connectivity index (χ4v) is 7.62. The van der Waals surface area contributed by atoms with E-state index in [0.29, 0.717) is 0 Å². The first-order chi connectivity index (χ1) is 21.8. The normalized spacial score (nSPS) is 22.3. The Morgan fingerprint density at radius 3 is 1.93 bits per heavy atom. The second-order valence-electron chi connectivity index (χ2n) is 14.8. The van der Waals surface area contributed by atoms with E-state index in [9.17, 15) is 9.59 Å². The van der Waals surface area contributed by atoms with Gasteiger partial charge in [-0.25, -0.2) is 0 Å². The van der Waals surface area contributed by atoms with E-state index in [-0.39, 0.29) is 27.4 Å². The minimum atomic E-state index is -1.12. The highest BCUT2D eigenvalue weighted by molar-refractivity contribution is 8.29. The zero-order chi connectivity index (χ0) is 33.8. The minimum absolute atomic E-state index is 0.0812.